The predicted molar refractivity (Wildman–Crippen MR) is 76.2 cm³/mol. The highest BCUT2D eigenvalue weighted by Crippen LogP contribution is 2.50. The third-order valence-electron chi connectivity index (χ3n) is 4.61. The summed E-state index contributed by atoms with van der Waals surface area (Å²) in [6, 6.07) is 0. The smallest absolute Gasteiger partial charge is 0.139 e. The largest absolute Gasteiger partial charge is 0.409 e. The first-order valence-corrected chi connectivity index (χ1v) is 7.42. The predicted octanol–water partition coefficient (Wildman–Crippen LogP) is 3.13. The average molecular weight is 268 g/mol. The average Bonchev–Trinajstić information content (AvgIpc) is 3.04. The maximum Gasteiger partial charge on any atom is 0.139 e. The molecule has 0 radical (unpaired) electrons. The Morgan fingerprint density at radius 3 is 2.58 bits per heavy atom. The summed E-state index contributed by atoms with van der Waals surface area (Å²) in [6.45, 7) is 7.75. The summed E-state index contributed by atoms with van der Waals surface area (Å²) in [5, 5.41) is 11.8. The van der Waals surface area contributed by atoms with Gasteiger partial charge in [-0.1, -0.05) is 25.9 Å². The lowest BCUT2D eigenvalue weighted by Crippen LogP contribution is -2.34. The fraction of sp³-hybridized carbons (Fsp3) is 0.933. The molecule has 0 saturated heterocycles. The summed E-state index contributed by atoms with van der Waals surface area (Å²) < 4.78 is 6.17. The molecule has 0 aromatic rings. The minimum absolute atomic E-state index is 0.154. The van der Waals surface area contributed by atoms with Crippen molar-refractivity contribution in [2.24, 2.45) is 27.6 Å². The van der Waals surface area contributed by atoms with E-state index in [0.29, 0.717) is 23.8 Å². The van der Waals surface area contributed by atoms with Crippen LogP contribution in [0.3, 0.4) is 0 Å². The molecule has 0 spiro atoms. The number of oxime groups is 1. The first-order chi connectivity index (χ1) is 8.84. The van der Waals surface area contributed by atoms with Crippen molar-refractivity contribution in [2.75, 3.05) is 6.61 Å². The van der Waals surface area contributed by atoms with Gasteiger partial charge in [0.05, 0.1) is 12.7 Å². The molecule has 19 heavy (non-hydrogen) atoms. The number of ether oxygens (including phenoxy) is 1. The highest BCUT2D eigenvalue weighted by atomic mass is 16.5. The lowest BCUT2D eigenvalue weighted by Gasteiger charge is -2.39. The van der Waals surface area contributed by atoms with E-state index in [4.69, 9.17) is 15.7 Å². The zero-order valence-corrected chi connectivity index (χ0v) is 12.5. The Hall–Kier alpha value is -0.770. The Morgan fingerprint density at radius 1 is 1.37 bits per heavy atom. The number of hydrogen-bond donors (Lipinski definition) is 2. The molecular weight excluding hydrogens is 240 g/mol. The van der Waals surface area contributed by atoms with Crippen LogP contribution in [-0.2, 0) is 4.74 Å². The molecular formula is C15H28N2O2. The Labute approximate surface area is 116 Å². The molecule has 3 N–H and O–H groups in total. The summed E-state index contributed by atoms with van der Waals surface area (Å²) in [6.07, 6.45) is 6.92. The SMILES string of the molecule is CC1CC(OCC2(CC(N)=NO)CC2)CC(C)(C)C1. The maximum atomic E-state index is 8.67. The molecule has 2 unspecified atom stereocenters. The second kappa shape index (κ2) is 5.31. The summed E-state index contributed by atoms with van der Waals surface area (Å²) in [5.41, 5.74) is 6.16. The fourth-order valence-corrected chi connectivity index (χ4v) is 3.65. The van der Waals surface area contributed by atoms with Gasteiger partial charge in [-0.2, -0.15) is 0 Å². The van der Waals surface area contributed by atoms with Gasteiger partial charge in [0.15, 0.2) is 0 Å². The molecule has 2 rings (SSSR count). The van der Waals surface area contributed by atoms with E-state index in [0.717, 1.165) is 31.8 Å². The van der Waals surface area contributed by atoms with Crippen molar-refractivity contribution in [3.8, 4) is 0 Å². The first-order valence-electron chi connectivity index (χ1n) is 7.42. The lowest BCUT2D eigenvalue weighted by atomic mass is 9.71. The Morgan fingerprint density at radius 2 is 2.05 bits per heavy atom. The summed E-state index contributed by atoms with van der Waals surface area (Å²) in [7, 11) is 0. The molecule has 2 atom stereocenters. The van der Waals surface area contributed by atoms with Crippen molar-refractivity contribution in [3.63, 3.8) is 0 Å². The van der Waals surface area contributed by atoms with Crippen LogP contribution in [0.2, 0.25) is 0 Å². The van der Waals surface area contributed by atoms with Gasteiger partial charge in [0.1, 0.15) is 5.84 Å². The first kappa shape index (κ1) is 14.6. The van der Waals surface area contributed by atoms with Gasteiger partial charge in [0.2, 0.25) is 0 Å². The van der Waals surface area contributed by atoms with E-state index < -0.39 is 0 Å². The third kappa shape index (κ3) is 4.10. The van der Waals surface area contributed by atoms with Gasteiger partial charge in [0.25, 0.3) is 0 Å². The molecule has 0 bridgehead atoms. The van der Waals surface area contributed by atoms with Crippen molar-refractivity contribution in [2.45, 2.75) is 65.4 Å². The Balaban J connectivity index is 1.82. The minimum atomic E-state index is 0.154. The van der Waals surface area contributed by atoms with E-state index in [2.05, 4.69) is 25.9 Å². The monoisotopic (exact) mass is 268 g/mol. The summed E-state index contributed by atoms with van der Waals surface area (Å²) in [5.74, 6) is 1.08. The molecule has 2 aliphatic rings. The van der Waals surface area contributed by atoms with Crippen molar-refractivity contribution < 1.29 is 9.94 Å². The van der Waals surface area contributed by atoms with Crippen molar-refractivity contribution >= 4 is 5.84 Å². The molecule has 0 aliphatic heterocycles. The van der Waals surface area contributed by atoms with Crippen molar-refractivity contribution in [1.29, 1.82) is 0 Å². The van der Waals surface area contributed by atoms with Crippen LogP contribution in [0.25, 0.3) is 0 Å². The van der Waals surface area contributed by atoms with E-state index in [1.54, 1.807) is 0 Å². The van der Waals surface area contributed by atoms with Crippen LogP contribution in [0, 0.1) is 16.7 Å². The van der Waals surface area contributed by atoms with Crippen LogP contribution in [0.15, 0.2) is 5.16 Å². The number of nitrogens with two attached hydrogens (primary N) is 1. The van der Waals surface area contributed by atoms with E-state index >= 15 is 0 Å². The number of nitrogens with zero attached hydrogens (tertiary/aromatic N) is 1. The zero-order valence-electron chi connectivity index (χ0n) is 12.5. The van der Waals surface area contributed by atoms with Crippen LogP contribution in [-0.4, -0.2) is 23.8 Å². The van der Waals surface area contributed by atoms with E-state index in [-0.39, 0.29) is 5.41 Å². The summed E-state index contributed by atoms with van der Waals surface area (Å²) in [4.78, 5) is 0. The van der Waals surface area contributed by atoms with Gasteiger partial charge in [0, 0.05) is 11.8 Å². The van der Waals surface area contributed by atoms with E-state index in [1.807, 2.05) is 0 Å². The van der Waals surface area contributed by atoms with E-state index in [9.17, 15) is 0 Å². The van der Waals surface area contributed by atoms with Crippen molar-refractivity contribution in [3.05, 3.63) is 0 Å². The number of amidine groups is 1. The minimum Gasteiger partial charge on any atom is -0.409 e. The van der Waals surface area contributed by atoms with Gasteiger partial charge >= 0.3 is 0 Å². The molecule has 0 amide bonds. The van der Waals surface area contributed by atoms with Gasteiger partial charge in [-0.25, -0.2) is 0 Å². The Kier molecular flexibility index (Phi) is 4.09. The normalized spacial score (nSPS) is 33.1. The van der Waals surface area contributed by atoms with Gasteiger partial charge in [-0.05, 0) is 43.4 Å². The zero-order chi connectivity index (χ0) is 14.1. The summed E-state index contributed by atoms with van der Waals surface area (Å²) >= 11 is 0. The van der Waals surface area contributed by atoms with Gasteiger partial charge in [-0.3, -0.25) is 0 Å². The van der Waals surface area contributed by atoms with Gasteiger partial charge in [-0.15, -0.1) is 0 Å². The second-order valence-corrected chi connectivity index (χ2v) is 7.61. The van der Waals surface area contributed by atoms with Gasteiger partial charge < -0.3 is 15.7 Å². The molecule has 2 aliphatic carbocycles. The molecule has 110 valence electrons. The molecule has 0 aromatic heterocycles. The van der Waals surface area contributed by atoms with Crippen LogP contribution >= 0.6 is 0 Å². The topological polar surface area (TPSA) is 67.8 Å². The Bertz CT molecular complexity index is 348. The maximum absolute atomic E-state index is 8.67. The van der Waals surface area contributed by atoms with E-state index in [1.165, 1.54) is 12.8 Å². The number of rotatable bonds is 5. The second-order valence-electron chi connectivity index (χ2n) is 7.61. The molecule has 4 nitrogen and oxygen atoms in total. The van der Waals surface area contributed by atoms with Crippen molar-refractivity contribution in [1.82, 2.24) is 0 Å². The highest BCUT2D eigenvalue weighted by molar-refractivity contribution is 5.80. The lowest BCUT2D eigenvalue weighted by molar-refractivity contribution is -0.0396. The quantitative estimate of drug-likeness (QED) is 0.348. The molecule has 2 fully saturated rings. The van der Waals surface area contributed by atoms with Crippen LogP contribution in [0.4, 0.5) is 0 Å². The number of hydrogen-bond acceptors (Lipinski definition) is 3. The molecule has 4 heteroatoms. The fourth-order valence-electron chi connectivity index (χ4n) is 3.65. The third-order valence-corrected chi connectivity index (χ3v) is 4.61. The highest BCUT2D eigenvalue weighted by Gasteiger charge is 2.44. The molecule has 0 aromatic carbocycles. The van der Waals surface area contributed by atoms with Crippen LogP contribution < -0.4 is 5.73 Å². The standard InChI is InChI=1S/C15H28N2O2/c1-11-6-12(8-14(2,3)7-11)19-10-15(4-5-15)9-13(16)17-18/h11-12,18H,4-10H2,1-3H3,(H2,16,17). The van der Waals surface area contributed by atoms with Crippen LogP contribution in [0.1, 0.15) is 59.3 Å². The molecule has 2 saturated carbocycles. The molecule has 0 heterocycles. The van der Waals surface area contributed by atoms with Crippen LogP contribution in [0.5, 0.6) is 0 Å².